The molecule has 2 N–H and O–H groups in total. The SMILES string of the molecule is Cc1ccc(C(N)COc2ccccc2Br)s1. The van der Waals surface area contributed by atoms with Crippen molar-refractivity contribution in [3.63, 3.8) is 0 Å². The van der Waals surface area contributed by atoms with E-state index in [1.54, 1.807) is 11.3 Å². The van der Waals surface area contributed by atoms with E-state index in [-0.39, 0.29) is 6.04 Å². The Balaban J connectivity index is 1.97. The summed E-state index contributed by atoms with van der Waals surface area (Å²) < 4.78 is 6.65. The molecule has 1 atom stereocenters. The van der Waals surface area contributed by atoms with Crippen molar-refractivity contribution in [1.29, 1.82) is 0 Å². The Hall–Kier alpha value is -0.840. The normalized spacial score (nSPS) is 12.4. The van der Waals surface area contributed by atoms with Crippen LogP contribution in [0, 0.1) is 6.92 Å². The average Bonchev–Trinajstić information content (AvgIpc) is 2.74. The van der Waals surface area contributed by atoms with Crippen LogP contribution in [0.25, 0.3) is 0 Å². The lowest BCUT2D eigenvalue weighted by molar-refractivity contribution is 0.290. The quantitative estimate of drug-likeness (QED) is 0.929. The van der Waals surface area contributed by atoms with E-state index in [1.165, 1.54) is 4.88 Å². The second kappa shape index (κ2) is 5.67. The monoisotopic (exact) mass is 311 g/mol. The first-order chi connectivity index (χ1) is 8.16. The van der Waals surface area contributed by atoms with E-state index in [2.05, 4.69) is 35.0 Å². The van der Waals surface area contributed by atoms with E-state index in [9.17, 15) is 0 Å². The lowest BCUT2D eigenvalue weighted by atomic mass is 10.2. The van der Waals surface area contributed by atoms with E-state index in [1.807, 2.05) is 24.3 Å². The summed E-state index contributed by atoms with van der Waals surface area (Å²) in [7, 11) is 0. The highest BCUT2D eigenvalue weighted by molar-refractivity contribution is 9.10. The summed E-state index contributed by atoms with van der Waals surface area (Å²) in [6.45, 7) is 2.57. The van der Waals surface area contributed by atoms with E-state index >= 15 is 0 Å². The molecule has 90 valence electrons. The molecule has 0 amide bonds. The Kier molecular flexibility index (Phi) is 4.20. The number of hydrogen-bond donors (Lipinski definition) is 1. The van der Waals surface area contributed by atoms with Crippen molar-refractivity contribution in [2.24, 2.45) is 5.73 Å². The molecule has 0 saturated carbocycles. The topological polar surface area (TPSA) is 35.2 Å². The smallest absolute Gasteiger partial charge is 0.133 e. The summed E-state index contributed by atoms with van der Waals surface area (Å²) in [5, 5.41) is 0. The maximum absolute atomic E-state index is 6.08. The average molecular weight is 312 g/mol. The third-order valence-electron chi connectivity index (χ3n) is 2.38. The summed E-state index contributed by atoms with van der Waals surface area (Å²) in [6.07, 6.45) is 0. The molecule has 2 rings (SSSR count). The van der Waals surface area contributed by atoms with Crippen molar-refractivity contribution in [2.75, 3.05) is 6.61 Å². The Morgan fingerprint density at radius 1 is 1.29 bits per heavy atom. The zero-order valence-corrected chi connectivity index (χ0v) is 11.9. The third-order valence-corrected chi connectivity index (χ3v) is 4.17. The zero-order valence-electron chi connectivity index (χ0n) is 9.52. The molecule has 0 aliphatic carbocycles. The number of thiophene rings is 1. The molecule has 1 heterocycles. The van der Waals surface area contributed by atoms with Gasteiger partial charge in [0.05, 0.1) is 10.5 Å². The predicted molar refractivity (Wildman–Crippen MR) is 75.6 cm³/mol. The lowest BCUT2D eigenvalue weighted by Crippen LogP contribution is -2.17. The highest BCUT2D eigenvalue weighted by Crippen LogP contribution is 2.26. The highest BCUT2D eigenvalue weighted by atomic mass is 79.9. The van der Waals surface area contributed by atoms with Crippen LogP contribution in [0.3, 0.4) is 0 Å². The van der Waals surface area contributed by atoms with Gasteiger partial charge in [-0.25, -0.2) is 0 Å². The summed E-state index contributed by atoms with van der Waals surface area (Å²) in [6, 6.07) is 11.9. The van der Waals surface area contributed by atoms with Gasteiger partial charge in [0.25, 0.3) is 0 Å². The Labute approximate surface area is 114 Å². The molecule has 2 aromatic rings. The fraction of sp³-hybridized carbons (Fsp3) is 0.231. The molecular weight excluding hydrogens is 298 g/mol. The molecule has 0 bridgehead atoms. The molecule has 1 aromatic carbocycles. The van der Waals surface area contributed by atoms with Crippen LogP contribution in [0.15, 0.2) is 40.9 Å². The highest BCUT2D eigenvalue weighted by Gasteiger charge is 2.09. The maximum atomic E-state index is 6.08. The van der Waals surface area contributed by atoms with Crippen LogP contribution in [0.1, 0.15) is 15.8 Å². The van der Waals surface area contributed by atoms with Gasteiger partial charge in [0, 0.05) is 9.75 Å². The standard InChI is InChI=1S/C13H14BrNOS/c1-9-6-7-13(17-9)11(15)8-16-12-5-3-2-4-10(12)14/h2-7,11H,8,15H2,1H3. The fourth-order valence-electron chi connectivity index (χ4n) is 1.48. The summed E-state index contributed by atoms with van der Waals surface area (Å²) in [5.74, 6) is 0.830. The van der Waals surface area contributed by atoms with Gasteiger partial charge in [0.1, 0.15) is 12.4 Å². The molecule has 0 radical (unpaired) electrons. The second-order valence-corrected chi connectivity index (χ2v) is 5.97. The van der Waals surface area contributed by atoms with Crippen molar-refractivity contribution in [2.45, 2.75) is 13.0 Å². The third kappa shape index (κ3) is 3.31. The summed E-state index contributed by atoms with van der Waals surface area (Å²) in [5.41, 5.74) is 6.08. The molecule has 0 fully saturated rings. The number of aryl methyl sites for hydroxylation is 1. The minimum Gasteiger partial charge on any atom is -0.490 e. The number of hydrogen-bond acceptors (Lipinski definition) is 3. The molecule has 2 nitrogen and oxygen atoms in total. The van der Waals surface area contributed by atoms with Gasteiger partial charge in [0.15, 0.2) is 0 Å². The minimum atomic E-state index is -0.0687. The predicted octanol–water partition coefficient (Wildman–Crippen LogP) is 3.90. The minimum absolute atomic E-state index is 0.0687. The first-order valence-electron chi connectivity index (χ1n) is 5.36. The van der Waals surface area contributed by atoms with Gasteiger partial charge in [-0.1, -0.05) is 12.1 Å². The molecule has 0 aliphatic heterocycles. The largest absolute Gasteiger partial charge is 0.490 e. The van der Waals surface area contributed by atoms with Crippen molar-refractivity contribution >= 4 is 27.3 Å². The second-order valence-electron chi connectivity index (χ2n) is 3.80. The van der Waals surface area contributed by atoms with E-state index in [4.69, 9.17) is 10.5 Å². The number of para-hydroxylation sites is 1. The van der Waals surface area contributed by atoms with Gasteiger partial charge >= 0.3 is 0 Å². The van der Waals surface area contributed by atoms with Crippen LogP contribution >= 0.6 is 27.3 Å². The van der Waals surface area contributed by atoms with E-state index < -0.39 is 0 Å². The molecule has 1 aromatic heterocycles. The van der Waals surface area contributed by atoms with Gasteiger partial charge in [-0.05, 0) is 47.1 Å². The molecule has 4 heteroatoms. The summed E-state index contributed by atoms with van der Waals surface area (Å²) in [4.78, 5) is 2.44. The van der Waals surface area contributed by atoms with E-state index in [0.717, 1.165) is 15.1 Å². The van der Waals surface area contributed by atoms with Gasteiger partial charge in [-0.2, -0.15) is 0 Å². The van der Waals surface area contributed by atoms with Crippen molar-refractivity contribution in [1.82, 2.24) is 0 Å². The Morgan fingerprint density at radius 2 is 2.06 bits per heavy atom. The van der Waals surface area contributed by atoms with Gasteiger partial charge < -0.3 is 10.5 Å². The molecule has 0 aliphatic rings. The van der Waals surface area contributed by atoms with E-state index in [0.29, 0.717) is 6.61 Å². The van der Waals surface area contributed by atoms with Crippen LogP contribution < -0.4 is 10.5 Å². The van der Waals surface area contributed by atoms with Crippen LogP contribution in [-0.4, -0.2) is 6.61 Å². The molecule has 0 saturated heterocycles. The Bertz CT molecular complexity index is 498. The van der Waals surface area contributed by atoms with Crippen LogP contribution in [0.5, 0.6) is 5.75 Å². The first kappa shape index (κ1) is 12.6. The molecule has 1 unspecified atom stereocenters. The number of ether oxygens (including phenoxy) is 1. The number of benzene rings is 1. The van der Waals surface area contributed by atoms with Gasteiger partial charge in [0.2, 0.25) is 0 Å². The number of rotatable bonds is 4. The number of halogens is 1. The number of nitrogens with two attached hydrogens (primary N) is 1. The van der Waals surface area contributed by atoms with Gasteiger partial charge in [-0.3, -0.25) is 0 Å². The summed E-state index contributed by atoms with van der Waals surface area (Å²) >= 11 is 5.16. The van der Waals surface area contributed by atoms with Crippen LogP contribution in [0.4, 0.5) is 0 Å². The fourth-order valence-corrected chi connectivity index (χ4v) is 2.74. The molecule has 17 heavy (non-hydrogen) atoms. The van der Waals surface area contributed by atoms with Crippen LogP contribution in [0.2, 0.25) is 0 Å². The van der Waals surface area contributed by atoms with Gasteiger partial charge in [-0.15, -0.1) is 11.3 Å². The van der Waals surface area contributed by atoms with Crippen LogP contribution in [-0.2, 0) is 0 Å². The lowest BCUT2D eigenvalue weighted by Gasteiger charge is -2.12. The van der Waals surface area contributed by atoms with Crippen molar-refractivity contribution < 1.29 is 4.74 Å². The molecule has 0 spiro atoms. The Morgan fingerprint density at radius 3 is 2.71 bits per heavy atom. The molecular formula is C13H14BrNOS. The van der Waals surface area contributed by atoms with Crippen molar-refractivity contribution in [3.05, 3.63) is 50.6 Å². The zero-order chi connectivity index (χ0) is 12.3. The first-order valence-corrected chi connectivity index (χ1v) is 6.97. The maximum Gasteiger partial charge on any atom is 0.133 e. The van der Waals surface area contributed by atoms with Crippen molar-refractivity contribution in [3.8, 4) is 5.75 Å².